The monoisotopic (exact) mass is 423 g/mol. The molecule has 1 amide bonds. The van der Waals surface area contributed by atoms with Gasteiger partial charge in [-0.15, -0.1) is 0 Å². The molecule has 0 spiro atoms. The van der Waals surface area contributed by atoms with Crippen molar-refractivity contribution in [3.8, 4) is 5.75 Å². The Balaban J connectivity index is 1.51. The lowest BCUT2D eigenvalue weighted by molar-refractivity contribution is -0.118. The van der Waals surface area contributed by atoms with Crippen molar-refractivity contribution < 1.29 is 18.7 Å². The summed E-state index contributed by atoms with van der Waals surface area (Å²) >= 11 is 0. The second kappa shape index (κ2) is 8.98. The minimum Gasteiger partial charge on any atom is -0.489 e. The maximum Gasteiger partial charge on any atom is 0.228 e. The summed E-state index contributed by atoms with van der Waals surface area (Å²) in [6.07, 6.45) is 11.5. The fraction of sp³-hybridized carbons (Fsp3) is 0.375. The molecule has 2 aliphatic rings. The second-order valence-corrected chi connectivity index (χ2v) is 8.09. The van der Waals surface area contributed by atoms with Gasteiger partial charge in [0.25, 0.3) is 0 Å². The van der Waals surface area contributed by atoms with Crippen molar-refractivity contribution in [3.63, 3.8) is 0 Å². The molecule has 0 saturated heterocycles. The molecular formula is C24H26FN3O3. The first-order chi connectivity index (χ1) is 15.0. The van der Waals surface area contributed by atoms with E-state index >= 15 is 0 Å². The summed E-state index contributed by atoms with van der Waals surface area (Å²) < 4.78 is 24.6. The SMILES string of the molecule is COCc1nc(C)ncc1OC[C@@]1(C2C=CC=CC2)C[C@H]1C(=O)Nc1ccc(F)cc1. The highest BCUT2D eigenvalue weighted by Gasteiger charge is 2.62. The number of nitrogens with one attached hydrogen (secondary N) is 1. The van der Waals surface area contributed by atoms with Crippen LogP contribution in [0.3, 0.4) is 0 Å². The fourth-order valence-electron chi connectivity index (χ4n) is 4.20. The zero-order valence-corrected chi connectivity index (χ0v) is 17.7. The number of anilines is 1. The molecule has 1 fully saturated rings. The molecule has 2 aromatic rings. The van der Waals surface area contributed by atoms with Crippen molar-refractivity contribution in [1.29, 1.82) is 0 Å². The van der Waals surface area contributed by atoms with Crippen molar-refractivity contribution in [1.82, 2.24) is 9.97 Å². The average molecular weight is 423 g/mol. The van der Waals surface area contributed by atoms with Gasteiger partial charge in [-0.2, -0.15) is 0 Å². The van der Waals surface area contributed by atoms with E-state index in [1.54, 1.807) is 25.4 Å². The molecule has 0 bridgehead atoms. The largest absolute Gasteiger partial charge is 0.489 e. The number of halogens is 1. The number of amides is 1. The van der Waals surface area contributed by atoms with Crippen molar-refractivity contribution in [2.75, 3.05) is 19.0 Å². The van der Waals surface area contributed by atoms with Gasteiger partial charge in [-0.05, 0) is 49.9 Å². The van der Waals surface area contributed by atoms with Crippen LogP contribution in [0.25, 0.3) is 0 Å². The summed E-state index contributed by atoms with van der Waals surface area (Å²) in [7, 11) is 1.61. The van der Waals surface area contributed by atoms with Crippen LogP contribution in [-0.2, 0) is 16.1 Å². The van der Waals surface area contributed by atoms with Gasteiger partial charge in [0.1, 0.15) is 17.3 Å². The Morgan fingerprint density at radius 2 is 2.10 bits per heavy atom. The Morgan fingerprint density at radius 1 is 1.29 bits per heavy atom. The van der Waals surface area contributed by atoms with Crippen LogP contribution in [0.5, 0.6) is 5.75 Å². The average Bonchev–Trinajstić information content (AvgIpc) is 3.52. The van der Waals surface area contributed by atoms with Crippen molar-refractivity contribution in [2.24, 2.45) is 17.3 Å². The molecule has 7 heteroatoms. The van der Waals surface area contributed by atoms with Gasteiger partial charge in [0.15, 0.2) is 5.75 Å². The molecule has 31 heavy (non-hydrogen) atoms. The number of allylic oxidation sites excluding steroid dienone is 4. The number of hydrogen-bond donors (Lipinski definition) is 1. The predicted molar refractivity (Wildman–Crippen MR) is 115 cm³/mol. The highest BCUT2D eigenvalue weighted by Crippen LogP contribution is 2.60. The zero-order chi connectivity index (χ0) is 21.8. The number of carbonyl (C=O) groups excluding carboxylic acids is 1. The molecule has 1 saturated carbocycles. The third kappa shape index (κ3) is 4.66. The van der Waals surface area contributed by atoms with E-state index in [0.717, 1.165) is 12.8 Å². The molecule has 0 aliphatic heterocycles. The molecule has 4 rings (SSSR count). The second-order valence-electron chi connectivity index (χ2n) is 8.09. The van der Waals surface area contributed by atoms with Gasteiger partial charge < -0.3 is 14.8 Å². The minimum atomic E-state index is -0.335. The zero-order valence-electron chi connectivity index (χ0n) is 17.7. The third-order valence-corrected chi connectivity index (χ3v) is 5.99. The summed E-state index contributed by atoms with van der Waals surface area (Å²) in [5, 5.41) is 2.91. The van der Waals surface area contributed by atoms with Gasteiger partial charge in [0.2, 0.25) is 5.91 Å². The lowest BCUT2D eigenvalue weighted by Crippen LogP contribution is -2.29. The van der Waals surface area contributed by atoms with E-state index in [1.807, 2.05) is 19.1 Å². The molecule has 0 radical (unpaired) electrons. The van der Waals surface area contributed by atoms with Crippen molar-refractivity contribution in [2.45, 2.75) is 26.4 Å². The first-order valence-corrected chi connectivity index (χ1v) is 10.4. The molecule has 162 valence electrons. The van der Waals surface area contributed by atoms with E-state index in [9.17, 15) is 9.18 Å². The Labute approximate surface area is 181 Å². The van der Waals surface area contributed by atoms with Crippen LogP contribution >= 0.6 is 0 Å². The predicted octanol–water partition coefficient (Wildman–Crippen LogP) is 4.23. The van der Waals surface area contributed by atoms with Crippen LogP contribution in [0.15, 0.2) is 54.8 Å². The highest BCUT2D eigenvalue weighted by molar-refractivity contribution is 5.95. The number of aromatic nitrogens is 2. The number of aryl methyl sites for hydroxylation is 1. The van der Waals surface area contributed by atoms with E-state index < -0.39 is 0 Å². The first kappa shape index (κ1) is 21.2. The minimum absolute atomic E-state index is 0.0737. The van der Waals surface area contributed by atoms with Crippen molar-refractivity contribution in [3.05, 3.63) is 72.1 Å². The lowest BCUT2D eigenvalue weighted by atomic mass is 9.82. The molecular weight excluding hydrogens is 397 g/mol. The molecule has 1 unspecified atom stereocenters. The molecule has 1 aromatic heterocycles. The van der Waals surface area contributed by atoms with Gasteiger partial charge in [-0.3, -0.25) is 4.79 Å². The number of nitrogens with zero attached hydrogens (tertiary/aromatic N) is 2. The van der Waals surface area contributed by atoms with Gasteiger partial charge in [0.05, 0.1) is 19.4 Å². The quantitative estimate of drug-likeness (QED) is 0.688. The summed E-state index contributed by atoms with van der Waals surface area (Å²) in [6.45, 7) is 2.52. The van der Waals surface area contributed by atoms with Gasteiger partial charge in [0, 0.05) is 24.1 Å². The Kier molecular flexibility index (Phi) is 6.13. The third-order valence-electron chi connectivity index (χ3n) is 5.99. The maximum absolute atomic E-state index is 13.2. The lowest BCUT2D eigenvalue weighted by Gasteiger charge is -2.27. The van der Waals surface area contributed by atoms with E-state index in [0.29, 0.717) is 36.2 Å². The van der Waals surface area contributed by atoms with E-state index in [4.69, 9.17) is 9.47 Å². The number of carbonyl (C=O) groups is 1. The number of rotatable bonds is 8. The summed E-state index contributed by atoms with van der Waals surface area (Å²) in [5.41, 5.74) is 0.958. The van der Waals surface area contributed by atoms with Crippen LogP contribution in [-0.4, -0.2) is 29.6 Å². The summed E-state index contributed by atoms with van der Waals surface area (Å²) in [5.74, 6) is 0.813. The first-order valence-electron chi connectivity index (χ1n) is 10.4. The number of hydrogen-bond acceptors (Lipinski definition) is 5. The standard InChI is InChI=1S/C24H26FN3O3/c1-16-26-13-22(21(27-16)14-30-2)31-15-24(17-6-4-3-5-7-17)12-20(24)23(29)28-19-10-8-18(25)9-11-19/h3-6,8-11,13,17,20H,7,12,14-15H2,1-2H3,(H,28,29)/t17?,20-,24+/m0/s1. The maximum atomic E-state index is 13.2. The Bertz CT molecular complexity index is 1010. The molecule has 1 heterocycles. The highest BCUT2D eigenvalue weighted by atomic mass is 19.1. The molecule has 2 aliphatic carbocycles. The molecule has 1 aromatic carbocycles. The smallest absolute Gasteiger partial charge is 0.228 e. The van der Waals surface area contributed by atoms with Crippen LogP contribution in [0, 0.1) is 30.0 Å². The Morgan fingerprint density at radius 3 is 2.81 bits per heavy atom. The van der Waals surface area contributed by atoms with E-state index in [2.05, 4.69) is 27.4 Å². The van der Waals surface area contributed by atoms with Crippen LogP contribution in [0.2, 0.25) is 0 Å². The van der Waals surface area contributed by atoms with E-state index in [1.165, 1.54) is 12.1 Å². The van der Waals surface area contributed by atoms with Crippen LogP contribution < -0.4 is 10.1 Å². The summed E-state index contributed by atoms with van der Waals surface area (Å²) in [4.78, 5) is 21.7. The number of ether oxygens (including phenoxy) is 2. The molecule has 1 N–H and O–H groups in total. The van der Waals surface area contributed by atoms with E-state index in [-0.39, 0.29) is 29.0 Å². The topological polar surface area (TPSA) is 73.3 Å². The van der Waals surface area contributed by atoms with Crippen LogP contribution in [0.1, 0.15) is 24.4 Å². The normalized spacial score (nSPS) is 24.1. The summed E-state index contributed by atoms with van der Waals surface area (Å²) in [6, 6.07) is 5.81. The molecule has 6 nitrogen and oxygen atoms in total. The molecule has 3 atom stereocenters. The van der Waals surface area contributed by atoms with Gasteiger partial charge >= 0.3 is 0 Å². The van der Waals surface area contributed by atoms with Crippen molar-refractivity contribution >= 4 is 11.6 Å². The van der Waals surface area contributed by atoms with Gasteiger partial charge in [-0.25, -0.2) is 14.4 Å². The van der Waals surface area contributed by atoms with Gasteiger partial charge in [-0.1, -0.05) is 24.3 Å². The van der Waals surface area contributed by atoms with Crippen LogP contribution in [0.4, 0.5) is 10.1 Å². The number of methoxy groups -OCH3 is 1. The fourth-order valence-corrected chi connectivity index (χ4v) is 4.20. The number of benzene rings is 1. The Hall–Kier alpha value is -3.06.